The third kappa shape index (κ3) is 5.44. The molecule has 0 aliphatic heterocycles. The van der Waals surface area contributed by atoms with Crippen molar-refractivity contribution in [3.63, 3.8) is 0 Å². The molecule has 1 aromatic heterocycles. The molecule has 0 saturated heterocycles. The molecular formula is C14H23N3O3. The molecule has 0 radical (unpaired) electrons. The van der Waals surface area contributed by atoms with Gasteiger partial charge in [-0.05, 0) is 32.4 Å². The van der Waals surface area contributed by atoms with Gasteiger partial charge in [0.05, 0.1) is 13.3 Å². The van der Waals surface area contributed by atoms with Crippen LogP contribution in [0.1, 0.15) is 32.3 Å². The molecule has 3 N–H and O–H groups in total. The molecule has 0 spiro atoms. The lowest BCUT2D eigenvalue weighted by Gasteiger charge is -2.21. The van der Waals surface area contributed by atoms with Gasteiger partial charge in [0.15, 0.2) is 0 Å². The Hall–Kier alpha value is -1.82. The summed E-state index contributed by atoms with van der Waals surface area (Å²) in [4.78, 5) is 15.7. The summed E-state index contributed by atoms with van der Waals surface area (Å²) < 4.78 is 10.3. The summed E-state index contributed by atoms with van der Waals surface area (Å²) in [6.45, 7) is 6.24. The zero-order valence-corrected chi connectivity index (χ0v) is 12.5. The summed E-state index contributed by atoms with van der Waals surface area (Å²) in [6, 6.07) is 1.86. The fraction of sp³-hybridized carbons (Fsp3) is 0.571. The van der Waals surface area contributed by atoms with Crippen LogP contribution in [0.3, 0.4) is 0 Å². The third-order valence-electron chi connectivity index (χ3n) is 2.62. The molecule has 1 unspecified atom stereocenters. The Balaban J connectivity index is 2.61. The van der Waals surface area contributed by atoms with E-state index in [0.717, 1.165) is 5.56 Å². The third-order valence-corrected chi connectivity index (χ3v) is 2.62. The van der Waals surface area contributed by atoms with Crippen molar-refractivity contribution >= 4 is 6.09 Å². The summed E-state index contributed by atoms with van der Waals surface area (Å²) in [5.41, 5.74) is 6.15. The Labute approximate surface area is 119 Å². The molecule has 6 heteroatoms. The topological polar surface area (TPSA) is 86.5 Å². The number of ether oxygens (including phenoxy) is 2. The van der Waals surface area contributed by atoms with Crippen molar-refractivity contribution in [1.29, 1.82) is 0 Å². The van der Waals surface area contributed by atoms with Crippen LogP contribution in [-0.2, 0) is 4.74 Å². The number of methoxy groups -OCH3 is 1. The SMILES string of the molecule is COc1cncc(C(CN)CNC(=O)OC(C)(C)C)c1. The molecular weight excluding hydrogens is 258 g/mol. The number of nitrogens with two attached hydrogens (primary N) is 1. The average Bonchev–Trinajstić information content (AvgIpc) is 2.37. The molecule has 1 aromatic rings. The van der Waals surface area contributed by atoms with Gasteiger partial charge in [0.25, 0.3) is 0 Å². The highest BCUT2D eigenvalue weighted by atomic mass is 16.6. The maximum Gasteiger partial charge on any atom is 0.407 e. The second kappa shape index (κ2) is 7.09. The molecule has 1 atom stereocenters. The molecule has 0 aromatic carbocycles. The predicted octanol–water partition coefficient (Wildman–Crippen LogP) is 1.66. The summed E-state index contributed by atoms with van der Waals surface area (Å²) in [5.74, 6) is 0.628. The van der Waals surface area contributed by atoms with Crippen LogP contribution in [-0.4, -0.2) is 36.9 Å². The Morgan fingerprint density at radius 2 is 2.15 bits per heavy atom. The molecule has 1 heterocycles. The van der Waals surface area contributed by atoms with Crippen molar-refractivity contribution in [1.82, 2.24) is 10.3 Å². The van der Waals surface area contributed by atoms with E-state index in [1.807, 2.05) is 26.8 Å². The normalized spacial score (nSPS) is 12.7. The number of rotatable bonds is 5. The van der Waals surface area contributed by atoms with Crippen LogP contribution in [0.4, 0.5) is 4.79 Å². The Morgan fingerprint density at radius 3 is 2.70 bits per heavy atom. The first-order valence-corrected chi connectivity index (χ1v) is 6.51. The highest BCUT2D eigenvalue weighted by Crippen LogP contribution is 2.18. The highest BCUT2D eigenvalue weighted by molar-refractivity contribution is 5.67. The van der Waals surface area contributed by atoms with Gasteiger partial charge in [-0.25, -0.2) is 4.79 Å². The zero-order chi connectivity index (χ0) is 15.2. The number of hydrogen-bond acceptors (Lipinski definition) is 5. The summed E-state index contributed by atoms with van der Waals surface area (Å²) >= 11 is 0. The molecule has 0 aliphatic carbocycles. The van der Waals surface area contributed by atoms with Crippen LogP contribution in [0.5, 0.6) is 5.75 Å². The van der Waals surface area contributed by atoms with Gasteiger partial charge in [-0.15, -0.1) is 0 Å². The maximum atomic E-state index is 11.6. The lowest BCUT2D eigenvalue weighted by atomic mass is 10.0. The van der Waals surface area contributed by atoms with Gasteiger partial charge in [-0.3, -0.25) is 4.98 Å². The minimum absolute atomic E-state index is 0.0369. The number of pyridine rings is 1. The van der Waals surface area contributed by atoms with Crippen molar-refractivity contribution in [2.75, 3.05) is 20.2 Å². The summed E-state index contributed by atoms with van der Waals surface area (Å²) in [5, 5.41) is 2.72. The van der Waals surface area contributed by atoms with Gasteiger partial charge >= 0.3 is 6.09 Å². The van der Waals surface area contributed by atoms with Crippen molar-refractivity contribution < 1.29 is 14.3 Å². The van der Waals surface area contributed by atoms with Crippen LogP contribution in [0.2, 0.25) is 0 Å². The number of alkyl carbamates (subject to hydrolysis) is 1. The fourth-order valence-electron chi connectivity index (χ4n) is 1.63. The molecule has 1 amide bonds. The van der Waals surface area contributed by atoms with Gasteiger partial charge < -0.3 is 20.5 Å². The standard InChI is InChI=1S/C14H23N3O3/c1-14(2,3)20-13(18)17-8-11(6-15)10-5-12(19-4)9-16-7-10/h5,7,9,11H,6,8,15H2,1-4H3,(H,17,18). The lowest BCUT2D eigenvalue weighted by molar-refractivity contribution is 0.0525. The van der Waals surface area contributed by atoms with Gasteiger partial charge in [0, 0.05) is 25.2 Å². The monoisotopic (exact) mass is 281 g/mol. The Kier molecular flexibility index (Phi) is 5.76. The molecule has 1 rings (SSSR count). The quantitative estimate of drug-likeness (QED) is 0.857. The van der Waals surface area contributed by atoms with Gasteiger partial charge in [0.1, 0.15) is 11.4 Å². The first-order chi connectivity index (χ1) is 9.35. The minimum atomic E-state index is -0.514. The second-order valence-electron chi connectivity index (χ2n) is 5.47. The smallest absolute Gasteiger partial charge is 0.407 e. The molecule has 0 saturated carbocycles. The molecule has 0 aliphatic rings. The molecule has 0 bridgehead atoms. The predicted molar refractivity (Wildman–Crippen MR) is 76.8 cm³/mol. The number of carbonyl (C=O) groups excluding carboxylic acids is 1. The minimum Gasteiger partial charge on any atom is -0.495 e. The van der Waals surface area contributed by atoms with E-state index in [4.69, 9.17) is 15.2 Å². The van der Waals surface area contributed by atoms with Crippen LogP contribution >= 0.6 is 0 Å². The first-order valence-electron chi connectivity index (χ1n) is 6.51. The maximum absolute atomic E-state index is 11.6. The van der Waals surface area contributed by atoms with Crippen molar-refractivity contribution in [2.24, 2.45) is 5.73 Å². The van der Waals surface area contributed by atoms with Crippen molar-refractivity contribution in [3.8, 4) is 5.75 Å². The van der Waals surface area contributed by atoms with Gasteiger partial charge in [-0.1, -0.05) is 0 Å². The van der Waals surface area contributed by atoms with E-state index in [0.29, 0.717) is 18.8 Å². The Bertz CT molecular complexity index is 444. The van der Waals surface area contributed by atoms with Crippen LogP contribution in [0.25, 0.3) is 0 Å². The molecule has 20 heavy (non-hydrogen) atoms. The lowest BCUT2D eigenvalue weighted by Crippen LogP contribution is -2.36. The number of nitrogens with one attached hydrogen (secondary N) is 1. The number of hydrogen-bond donors (Lipinski definition) is 2. The van der Waals surface area contributed by atoms with Crippen LogP contribution in [0.15, 0.2) is 18.5 Å². The number of amides is 1. The second-order valence-corrected chi connectivity index (χ2v) is 5.47. The van der Waals surface area contributed by atoms with Gasteiger partial charge in [0.2, 0.25) is 0 Å². The van der Waals surface area contributed by atoms with Crippen molar-refractivity contribution in [2.45, 2.75) is 32.3 Å². The number of aromatic nitrogens is 1. The van der Waals surface area contributed by atoms with E-state index < -0.39 is 11.7 Å². The van der Waals surface area contributed by atoms with Crippen LogP contribution < -0.4 is 15.8 Å². The zero-order valence-electron chi connectivity index (χ0n) is 12.5. The number of nitrogens with zero attached hydrogens (tertiary/aromatic N) is 1. The first kappa shape index (κ1) is 16.2. The van der Waals surface area contributed by atoms with Gasteiger partial charge in [-0.2, -0.15) is 0 Å². The van der Waals surface area contributed by atoms with E-state index >= 15 is 0 Å². The fourth-order valence-corrected chi connectivity index (χ4v) is 1.63. The summed E-state index contributed by atoms with van der Waals surface area (Å²) in [7, 11) is 1.58. The Morgan fingerprint density at radius 1 is 1.45 bits per heavy atom. The summed E-state index contributed by atoms with van der Waals surface area (Å²) in [6.07, 6.45) is 2.89. The largest absolute Gasteiger partial charge is 0.495 e. The molecule has 112 valence electrons. The molecule has 0 fully saturated rings. The van der Waals surface area contributed by atoms with Crippen molar-refractivity contribution in [3.05, 3.63) is 24.0 Å². The van der Waals surface area contributed by atoms with E-state index in [1.54, 1.807) is 19.5 Å². The van der Waals surface area contributed by atoms with E-state index in [2.05, 4.69) is 10.3 Å². The van der Waals surface area contributed by atoms with E-state index in [9.17, 15) is 4.79 Å². The van der Waals surface area contributed by atoms with Crippen LogP contribution in [0, 0.1) is 0 Å². The average molecular weight is 281 g/mol. The number of carbonyl (C=O) groups is 1. The highest BCUT2D eigenvalue weighted by Gasteiger charge is 2.18. The molecule has 6 nitrogen and oxygen atoms in total. The van der Waals surface area contributed by atoms with E-state index in [1.165, 1.54) is 0 Å². The van der Waals surface area contributed by atoms with E-state index in [-0.39, 0.29) is 5.92 Å².